The number of phenols is 1. The van der Waals surface area contributed by atoms with E-state index in [1.807, 2.05) is 13.0 Å². The highest BCUT2D eigenvalue weighted by atomic mass is 16.5. The molecule has 0 heterocycles. The molecule has 25 heavy (non-hydrogen) atoms. The summed E-state index contributed by atoms with van der Waals surface area (Å²) < 4.78 is 5.15. The first-order chi connectivity index (χ1) is 11.8. The molecule has 4 nitrogen and oxygen atoms in total. The van der Waals surface area contributed by atoms with Gasteiger partial charge in [-0.3, -0.25) is 9.59 Å². The molecule has 4 heteroatoms. The van der Waals surface area contributed by atoms with Gasteiger partial charge < -0.3 is 9.84 Å². The normalized spacial score (nSPS) is 28.8. The smallest absolute Gasteiger partial charge is 0.166 e. The van der Waals surface area contributed by atoms with Crippen LogP contribution in [0.3, 0.4) is 0 Å². The van der Waals surface area contributed by atoms with E-state index in [1.54, 1.807) is 25.1 Å². The maximum Gasteiger partial charge on any atom is 0.166 e. The van der Waals surface area contributed by atoms with Gasteiger partial charge in [-0.15, -0.1) is 0 Å². The van der Waals surface area contributed by atoms with E-state index in [9.17, 15) is 14.7 Å². The molecule has 0 fully saturated rings. The molecule has 0 aliphatic heterocycles. The number of ketones is 2. The molecule has 0 saturated heterocycles. The Morgan fingerprint density at radius 2 is 2.08 bits per heavy atom. The lowest BCUT2D eigenvalue weighted by Gasteiger charge is -2.47. The quantitative estimate of drug-likeness (QED) is 0.912. The number of phenolic OH excluding ortho intramolecular Hbond substituents is 1. The molecule has 1 aromatic rings. The average molecular weight is 338 g/mol. The topological polar surface area (TPSA) is 63.6 Å². The maximum atomic E-state index is 13.1. The number of rotatable bonds is 3. The minimum Gasteiger partial charge on any atom is -0.508 e. The molecule has 0 saturated carbocycles. The number of methoxy groups -OCH3 is 1. The number of carbonyl (C=O) groups excluding carboxylic acids is 2. The minimum absolute atomic E-state index is 0.0306. The minimum atomic E-state index is -0.944. The number of aromatic hydroxyl groups is 1. The van der Waals surface area contributed by atoms with Crippen LogP contribution in [0.5, 0.6) is 11.5 Å². The van der Waals surface area contributed by atoms with Crippen molar-refractivity contribution in [2.24, 2.45) is 11.3 Å². The number of ether oxygens (including phenoxy) is 1. The first kappa shape index (κ1) is 17.2. The third kappa shape index (κ3) is 2.44. The van der Waals surface area contributed by atoms with Gasteiger partial charge in [0, 0.05) is 23.5 Å². The Morgan fingerprint density at radius 1 is 1.36 bits per heavy atom. The number of hydrogen-bond acceptors (Lipinski definition) is 4. The highest BCUT2D eigenvalue weighted by Gasteiger charge is 2.55. The summed E-state index contributed by atoms with van der Waals surface area (Å²) in [5, 5.41) is 10.6. The van der Waals surface area contributed by atoms with Crippen molar-refractivity contribution in [3.8, 4) is 11.5 Å². The lowest BCUT2D eigenvalue weighted by Crippen LogP contribution is -2.49. The SMILES string of the molecule is C=CC1=CC[C@H]2C(=O)C=C(C)C(=O)[C@@]2(C)[C@H]1c1ccc(OC)cc1O. The fraction of sp³-hybridized carbons (Fsp3) is 0.333. The van der Waals surface area contributed by atoms with E-state index in [-0.39, 0.29) is 17.3 Å². The van der Waals surface area contributed by atoms with Crippen molar-refractivity contribution in [3.63, 3.8) is 0 Å². The largest absolute Gasteiger partial charge is 0.508 e. The number of allylic oxidation sites excluding steroid dienone is 5. The molecule has 0 radical (unpaired) electrons. The molecule has 1 N–H and O–H groups in total. The van der Waals surface area contributed by atoms with Crippen LogP contribution in [-0.4, -0.2) is 23.8 Å². The summed E-state index contributed by atoms with van der Waals surface area (Å²) in [6.45, 7) is 7.38. The zero-order valence-corrected chi connectivity index (χ0v) is 14.7. The molecule has 2 aliphatic rings. The first-order valence-corrected chi connectivity index (χ1v) is 8.31. The van der Waals surface area contributed by atoms with E-state index < -0.39 is 17.3 Å². The van der Waals surface area contributed by atoms with E-state index in [4.69, 9.17) is 4.74 Å². The Morgan fingerprint density at radius 3 is 2.68 bits per heavy atom. The summed E-state index contributed by atoms with van der Waals surface area (Å²) in [7, 11) is 1.53. The molecule has 0 spiro atoms. The molecule has 130 valence electrons. The van der Waals surface area contributed by atoms with Gasteiger partial charge in [-0.25, -0.2) is 0 Å². The number of Topliss-reactive ketones (excluding diaryl/α,β-unsaturated/α-hetero) is 1. The summed E-state index contributed by atoms with van der Waals surface area (Å²) in [4.78, 5) is 25.7. The molecular formula is C21H22O4. The van der Waals surface area contributed by atoms with Crippen molar-refractivity contribution < 1.29 is 19.4 Å². The molecule has 3 rings (SSSR count). The van der Waals surface area contributed by atoms with Gasteiger partial charge in [-0.1, -0.05) is 31.7 Å². The van der Waals surface area contributed by atoms with Gasteiger partial charge in [0.1, 0.15) is 11.5 Å². The van der Waals surface area contributed by atoms with Crippen LogP contribution in [0.2, 0.25) is 0 Å². The van der Waals surface area contributed by atoms with Crippen LogP contribution in [0.4, 0.5) is 0 Å². The third-order valence-corrected chi connectivity index (χ3v) is 5.58. The summed E-state index contributed by atoms with van der Waals surface area (Å²) in [6, 6.07) is 5.04. The second-order valence-electron chi connectivity index (χ2n) is 6.90. The van der Waals surface area contributed by atoms with Crippen molar-refractivity contribution in [2.75, 3.05) is 7.11 Å². The average Bonchev–Trinajstić information content (AvgIpc) is 2.59. The van der Waals surface area contributed by atoms with Crippen LogP contribution in [0.1, 0.15) is 31.7 Å². The Kier molecular flexibility index (Phi) is 4.15. The summed E-state index contributed by atoms with van der Waals surface area (Å²) in [5.41, 5.74) is 0.984. The van der Waals surface area contributed by atoms with Gasteiger partial charge in [0.15, 0.2) is 11.6 Å². The van der Waals surface area contributed by atoms with E-state index in [0.717, 1.165) is 5.57 Å². The molecule has 0 aromatic heterocycles. The van der Waals surface area contributed by atoms with Crippen LogP contribution >= 0.6 is 0 Å². The van der Waals surface area contributed by atoms with Crippen LogP contribution in [0.15, 0.2) is 54.2 Å². The Bertz CT molecular complexity index is 830. The highest BCUT2D eigenvalue weighted by molar-refractivity contribution is 6.13. The lowest BCUT2D eigenvalue weighted by molar-refractivity contribution is -0.137. The van der Waals surface area contributed by atoms with Crippen molar-refractivity contribution in [1.29, 1.82) is 0 Å². The van der Waals surface area contributed by atoms with Crippen molar-refractivity contribution in [3.05, 3.63) is 59.7 Å². The third-order valence-electron chi connectivity index (χ3n) is 5.58. The summed E-state index contributed by atoms with van der Waals surface area (Å²) >= 11 is 0. The Labute approximate surface area is 147 Å². The van der Waals surface area contributed by atoms with Gasteiger partial charge in [0.05, 0.1) is 12.5 Å². The molecule has 0 unspecified atom stereocenters. The molecule has 1 aromatic carbocycles. The number of carbonyl (C=O) groups is 2. The van der Waals surface area contributed by atoms with Gasteiger partial charge in [-0.2, -0.15) is 0 Å². The standard InChI is InChI=1S/C21H22O4/c1-5-13-6-9-16-18(23)10-12(2)20(24)21(16,3)19(13)15-8-7-14(25-4)11-17(15)22/h5-8,10-11,16,19,22H,1,9H2,2-4H3/t16-,19+,21+/m0/s1. The summed E-state index contributed by atoms with van der Waals surface area (Å²) in [6.07, 6.45) is 5.61. The van der Waals surface area contributed by atoms with Crippen LogP contribution < -0.4 is 4.74 Å². The van der Waals surface area contributed by atoms with E-state index in [0.29, 0.717) is 23.3 Å². The second kappa shape index (κ2) is 6.03. The monoisotopic (exact) mass is 338 g/mol. The van der Waals surface area contributed by atoms with Gasteiger partial charge in [0.2, 0.25) is 0 Å². The molecule has 2 aliphatic carbocycles. The molecule has 0 amide bonds. The predicted molar refractivity (Wildman–Crippen MR) is 95.7 cm³/mol. The zero-order valence-electron chi connectivity index (χ0n) is 14.7. The van der Waals surface area contributed by atoms with Crippen LogP contribution in [0, 0.1) is 11.3 Å². The van der Waals surface area contributed by atoms with E-state index >= 15 is 0 Å². The van der Waals surface area contributed by atoms with E-state index in [1.165, 1.54) is 19.3 Å². The van der Waals surface area contributed by atoms with Crippen molar-refractivity contribution in [1.82, 2.24) is 0 Å². The number of benzene rings is 1. The van der Waals surface area contributed by atoms with Crippen molar-refractivity contribution >= 4 is 11.6 Å². The van der Waals surface area contributed by atoms with Gasteiger partial charge in [-0.05, 0) is 36.6 Å². The molecular weight excluding hydrogens is 316 g/mol. The van der Waals surface area contributed by atoms with Crippen LogP contribution in [0.25, 0.3) is 0 Å². The fourth-order valence-corrected chi connectivity index (χ4v) is 4.27. The van der Waals surface area contributed by atoms with E-state index in [2.05, 4.69) is 6.58 Å². The summed E-state index contributed by atoms with van der Waals surface area (Å²) in [5.74, 6) is -0.369. The Balaban J connectivity index is 2.24. The van der Waals surface area contributed by atoms with Crippen LogP contribution in [-0.2, 0) is 9.59 Å². The molecule has 3 atom stereocenters. The first-order valence-electron chi connectivity index (χ1n) is 8.31. The second-order valence-corrected chi connectivity index (χ2v) is 6.90. The zero-order chi connectivity index (χ0) is 18.4. The number of fused-ring (bicyclic) bond motifs is 1. The highest BCUT2D eigenvalue weighted by Crippen LogP contribution is 2.56. The maximum absolute atomic E-state index is 13.1. The van der Waals surface area contributed by atoms with Gasteiger partial charge >= 0.3 is 0 Å². The van der Waals surface area contributed by atoms with Gasteiger partial charge in [0.25, 0.3) is 0 Å². The Hall–Kier alpha value is -2.62. The lowest BCUT2D eigenvalue weighted by atomic mass is 9.53. The van der Waals surface area contributed by atoms with Crippen molar-refractivity contribution in [2.45, 2.75) is 26.2 Å². The molecule has 0 bridgehead atoms. The fourth-order valence-electron chi connectivity index (χ4n) is 4.27. The predicted octanol–water partition coefficient (Wildman–Crippen LogP) is 3.72. The number of hydrogen-bond donors (Lipinski definition) is 1.